The number of methoxy groups -OCH3 is 1. The molecule has 1 fully saturated rings. The Morgan fingerprint density at radius 1 is 1.24 bits per heavy atom. The van der Waals surface area contributed by atoms with Gasteiger partial charge in [-0.2, -0.15) is 0 Å². The summed E-state index contributed by atoms with van der Waals surface area (Å²) in [6, 6.07) is 6.20. The molecule has 2 rings (SSSR count). The maximum atomic E-state index is 12.3. The third-order valence-electron chi connectivity index (χ3n) is 4.28. The number of likely N-dealkylation sites (tertiary alicyclic amines) is 1. The van der Waals surface area contributed by atoms with Crippen molar-refractivity contribution >= 4 is 18.0 Å². The summed E-state index contributed by atoms with van der Waals surface area (Å²) < 4.78 is 4.85. The molecule has 2 amide bonds. The number of aliphatic carboxylic acids is 1. The van der Waals surface area contributed by atoms with Gasteiger partial charge in [0.05, 0.1) is 13.0 Å². The van der Waals surface area contributed by atoms with Crippen LogP contribution in [0.3, 0.4) is 0 Å². The molecule has 1 saturated heterocycles. The van der Waals surface area contributed by atoms with Crippen LogP contribution in [0.1, 0.15) is 24.3 Å². The number of carboxylic acid groups (broad SMARTS) is 1. The highest BCUT2D eigenvalue weighted by Gasteiger charge is 2.41. The third-order valence-corrected chi connectivity index (χ3v) is 4.28. The molecule has 2 atom stereocenters. The average Bonchev–Trinajstić information content (AvgIpc) is 3.03. The second-order valence-corrected chi connectivity index (χ2v) is 5.96. The third kappa shape index (κ3) is 4.85. The fourth-order valence-electron chi connectivity index (χ4n) is 2.97. The molecule has 0 spiro atoms. The van der Waals surface area contributed by atoms with Gasteiger partial charge < -0.3 is 25.2 Å². The number of carbonyl (C=O) groups is 3. The van der Waals surface area contributed by atoms with Crippen LogP contribution in [0.15, 0.2) is 24.3 Å². The van der Waals surface area contributed by atoms with Crippen LogP contribution in [0.25, 0.3) is 0 Å². The van der Waals surface area contributed by atoms with Gasteiger partial charge in [-0.15, -0.1) is 0 Å². The maximum Gasteiger partial charge on any atom is 0.317 e. The first kappa shape index (κ1) is 18.6. The smallest absolute Gasteiger partial charge is 0.317 e. The number of urea groups is 1. The van der Waals surface area contributed by atoms with Crippen molar-refractivity contribution in [2.24, 2.45) is 5.92 Å². The summed E-state index contributed by atoms with van der Waals surface area (Å²) in [5, 5.41) is 20.7. The number of carbonyl (C=O) groups excluding carboxylic acids is 2. The van der Waals surface area contributed by atoms with Gasteiger partial charge >= 0.3 is 18.0 Å². The van der Waals surface area contributed by atoms with Crippen LogP contribution in [0.2, 0.25) is 0 Å². The van der Waals surface area contributed by atoms with Crippen LogP contribution in [0.4, 0.5) is 4.79 Å². The molecule has 0 bridgehead atoms. The number of carboxylic acids is 1. The van der Waals surface area contributed by atoms with E-state index in [4.69, 9.17) is 9.84 Å². The average molecular weight is 350 g/mol. The number of benzene rings is 1. The minimum Gasteiger partial charge on any atom is -0.508 e. The number of phenols is 1. The van der Waals surface area contributed by atoms with E-state index in [0.29, 0.717) is 13.0 Å². The van der Waals surface area contributed by atoms with Gasteiger partial charge in [0.2, 0.25) is 0 Å². The van der Waals surface area contributed by atoms with Crippen molar-refractivity contribution in [1.29, 1.82) is 0 Å². The van der Waals surface area contributed by atoms with Gasteiger partial charge in [-0.25, -0.2) is 4.79 Å². The molecule has 1 heterocycles. The number of hydrogen-bond acceptors (Lipinski definition) is 5. The number of rotatable bonds is 6. The van der Waals surface area contributed by atoms with E-state index < -0.39 is 11.9 Å². The Kier molecular flexibility index (Phi) is 6.21. The van der Waals surface area contributed by atoms with Crippen LogP contribution < -0.4 is 5.32 Å². The van der Waals surface area contributed by atoms with Gasteiger partial charge in [-0.3, -0.25) is 9.59 Å². The molecule has 1 aliphatic heterocycles. The lowest BCUT2D eigenvalue weighted by molar-refractivity contribution is -0.145. The van der Waals surface area contributed by atoms with Gasteiger partial charge in [-0.1, -0.05) is 12.1 Å². The SMILES string of the molecule is COC(=O)[C@@H]1CN(C(=O)NCCCC(=O)O)C[C@H]1c1ccc(O)cc1. The topological polar surface area (TPSA) is 116 Å². The molecular formula is C17H22N2O6. The molecule has 1 aromatic carbocycles. The molecule has 1 aliphatic rings. The molecule has 0 aromatic heterocycles. The number of hydrogen-bond donors (Lipinski definition) is 3. The molecule has 0 aliphatic carbocycles. The molecular weight excluding hydrogens is 328 g/mol. The summed E-state index contributed by atoms with van der Waals surface area (Å²) in [6.07, 6.45) is 0.331. The number of amides is 2. The lowest BCUT2D eigenvalue weighted by atomic mass is 9.89. The van der Waals surface area contributed by atoms with Crippen LogP contribution in [-0.2, 0) is 14.3 Å². The number of nitrogens with one attached hydrogen (secondary N) is 1. The second kappa shape index (κ2) is 8.36. The van der Waals surface area contributed by atoms with Crippen LogP contribution >= 0.6 is 0 Å². The Labute approximate surface area is 145 Å². The van der Waals surface area contributed by atoms with Gasteiger partial charge in [-0.05, 0) is 24.1 Å². The van der Waals surface area contributed by atoms with Crippen molar-refractivity contribution in [2.75, 3.05) is 26.7 Å². The van der Waals surface area contributed by atoms with Crippen LogP contribution in [0.5, 0.6) is 5.75 Å². The minimum absolute atomic E-state index is 0.0127. The number of esters is 1. The molecule has 0 saturated carbocycles. The lowest BCUT2D eigenvalue weighted by Crippen LogP contribution is -2.39. The van der Waals surface area contributed by atoms with E-state index in [2.05, 4.69) is 5.32 Å². The largest absolute Gasteiger partial charge is 0.508 e. The highest BCUT2D eigenvalue weighted by atomic mass is 16.5. The number of nitrogens with zero attached hydrogens (tertiary/aromatic N) is 1. The molecule has 3 N–H and O–H groups in total. The quantitative estimate of drug-likeness (QED) is 0.524. The fourth-order valence-corrected chi connectivity index (χ4v) is 2.97. The molecule has 8 nitrogen and oxygen atoms in total. The second-order valence-electron chi connectivity index (χ2n) is 5.96. The molecule has 0 radical (unpaired) electrons. The zero-order valence-electron chi connectivity index (χ0n) is 14.0. The van der Waals surface area contributed by atoms with Crippen molar-refractivity contribution in [2.45, 2.75) is 18.8 Å². The van der Waals surface area contributed by atoms with E-state index in [1.165, 1.54) is 24.1 Å². The van der Waals surface area contributed by atoms with Crippen molar-refractivity contribution in [3.63, 3.8) is 0 Å². The first-order chi connectivity index (χ1) is 11.9. The summed E-state index contributed by atoms with van der Waals surface area (Å²) in [6.45, 7) is 0.826. The number of phenolic OH excluding ortho intramolecular Hbond substituents is 1. The molecule has 0 unspecified atom stereocenters. The first-order valence-electron chi connectivity index (χ1n) is 8.03. The van der Waals surface area contributed by atoms with E-state index in [9.17, 15) is 19.5 Å². The van der Waals surface area contributed by atoms with Gasteiger partial charge in [0.1, 0.15) is 5.75 Å². The molecule has 136 valence electrons. The van der Waals surface area contributed by atoms with Crippen molar-refractivity contribution in [3.8, 4) is 5.75 Å². The Balaban J connectivity index is 2.02. The predicted molar refractivity (Wildman–Crippen MR) is 88.2 cm³/mol. The van der Waals surface area contributed by atoms with Crippen molar-refractivity contribution in [1.82, 2.24) is 10.2 Å². The molecule has 8 heteroatoms. The zero-order chi connectivity index (χ0) is 18.4. The van der Waals surface area contributed by atoms with Gasteiger partial charge in [0.25, 0.3) is 0 Å². The Morgan fingerprint density at radius 2 is 1.92 bits per heavy atom. The minimum atomic E-state index is -0.909. The number of aromatic hydroxyl groups is 1. The fraction of sp³-hybridized carbons (Fsp3) is 0.471. The van der Waals surface area contributed by atoms with Crippen molar-refractivity contribution < 1.29 is 29.3 Å². The molecule has 1 aromatic rings. The Morgan fingerprint density at radius 3 is 2.52 bits per heavy atom. The van der Waals surface area contributed by atoms with E-state index in [0.717, 1.165) is 5.56 Å². The zero-order valence-corrected chi connectivity index (χ0v) is 14.0. The predicted octanol–water partition coefficient (Wildman–Crippen LogP) is 1.16. The maximum absolute atomic E-state index is 12.3. The summed E-state index contributed by atoms with van der Waals surface area (Å²) >= 11 is 0. The Bertz CT molecular complexity index is 631. The van der Waals surface area contributed by atoms with E-state index >= 15 is 0 Å². The van der Waals surface area contributed by atoms with E-state index in [1.54, 1.807) is 12.1 Å². The summed E-state index contributed by atoms with van der Waals surface area (Å²) in [5.41, 5.74) is 0.842. The highest BCUT2D eigenvalue weighted by molar-refractivity contribution is 5.79. The standard InChI is InChI=1S/C17H22N2O6/c1-25-16(23)14-10-19(17(24)18-8-2-3-15(21)22)9-13(14)11-4-6-12(20)7-5-11/h4-7,13-14,20H,2-3,8-10H2,1H3,(H,18,24)(H,21,22)/t13-,14+/m0/s1. The van der Waals surface area contributed by atoms with Crippen LogP contribution in [-0.4, -0.2) is 59.8 Å². The summed E-state index contributed by atoms with van der Waals surface area (Å²) in [4.78, 5) is 36.3. The monoisotopic (exact) mass is 350 g/mol. The Hall–Kier alpha value is -2.77. The van der Waals surface area contributed by atoms with Gasteiger partial charge in [0, 0.05) is 32.0 Å². The number of ether oxygens (including phenoxy) is 1. The summed E-state index contributed by atoms with van der Waals surface area (Å²) in [5.74, 6) is -1.88. The summed E-state index contributed by atoms with van der Waals surface area (Å²) in [7, 11) is 1.31. The lowest BCUT2D eigenvalue weighted by Gasteiger charge is -2.17. The normalized spacial score (nSPS) is 19.5. The van der Waals surface area contributed by atoms with Gasteiger partial charge in [0.15, 0.2) is 0 Å². The first-order valence-corrected chi connectivity index (χ1v) is 8.03. The van der Waals surface area contributed by atoms with Crippen molar-refractivity contribution in [3.05, 3.63) is 29.8 Å². The van der Waals surface area contributed by atoms with E-state index in [-0.39, 0.29) is 43.2 Å². The highest BCUT2D eigenvalue weighted by Crippen LogP contribution is 2.34. The van der Waals surface area contributed by atoms with E-state index in [1.807, 2.05) is 0 Å². The molecule has 25 heavy (non-hydrogen) atoms. The van der Waals surface area contributed by atoms with Crippen LogP contribution in [0, 0.1) is 5.92 Å².